The molecule has 2 aromatic carbocycles. The van der Waals surface area contributed by atoms with Crippen LogP contribution in [0.3, 0.4) is 0 Å². The van der Waals surface area contributed by atoms with Crippen LogP contribution in [0.2, 0.25) is 15.2 Å². The van der Waals surface area contributed by atoms with Gasteiger partial charge in [-0.1, -0.05) is 40.9 Å². The second-order valence-corrected chi connectivity index (χ2v) is 10.7. The van der Waals surface area contributed by atoms with E-state index in [1.807, 2.05) is 30.3 Å². The summed E-state index contributed by atoms with van der Waals surface area (Å²) >= 11 is 18.9. The second-order valence-electron chi connectivity index (χ2n) is 9.48. The van der Waals surface area contributed by atoms with Gasteiger partial charge in [0.1, 0.15) is 17.0 Å². The van der Waals surface area contributed by atoms with E-state index in [9.17, 15) is 9.65 Å². The summed E-state index contributed by atoms with van der Waals surface area (Å²) in [5.74, 6) is -0.541. The third-order valence-corrected chi connectivity index (χ3v) is 7.21. The van der Waals surface area contributed by atoms with Crippen LogP contribution in [0.4, 0.5) is 21.5 Å². The Morgan fingerprint density at radius 3 is 2.50 bits per heavy atom. The molecule has 1 aliphatic rings. The van der Waals surface area contributed by atoms with Crippen molar-refractivity contribution >= 4 is 62.8 Å². The number of benzene rings is 2. The predicted octanol–water partition coefficient (Wildman–Crippen LogP) is 7.38. The number of hydrazine groups is 2. The van der Waals surface area contributed by atoms with E-state index in [1.54, 1.807) is 12.1 Å². The molecular weight excluding hydrogens is 574 g/mol. The van der Waals surface area contributed by atoms with E-state index in [2.05, 4.69) is 51.5 Å². The Morgan fingerprint density at radius 2 is 1.82 bits per heavy atom. The number of hydrogen-bond acceptors (Lipinski definition) is 8. The van der Waals surface area contributed by atoms with Crippen molar-refractivity contribution < 1.29 is 4.39 Å². The van der Waals surface area contributed by atoms with Crippen molar-refractivity contribution in [1.29, 1.82) is 5.26 Å². The largest absolute Gasteiger partial charge is 0.373 e. The molecule has 3 heterocycles. The lowest BCUT2D eigenvalue weighted by Crippen LogP contribution is -2.41. The van der Waals surface area contributed by atoms with Crippen LogP contribution < -0.4 is 21.6 Å². The Balaban J connectivity index is 1.61. The maximum Gasteiger partial charge on any atom is 0.141 e. The fourth-order valence-electron chi connectivity index (χ4n) is 4.38. The van der Waals surface area contributed by atoms with Crippen molar-refractivity contribution in [3.63, 3.8) is 0 Å². The number of aryl methyl sites for hydroxylation is 1. The first kappa shape index (κ1) is 27.7. The summed E-state index contributed by atoms with van der Waals surface area (Å²) in [6.07, 6.45) is 3.43. The Labute approximate surface area is 245 Å². The number of anilines is 3. The average Bonchev–Trinajstić information content (AvgIpc) is 3.41. The van der Waals surface area contributed by atoms with Gasteiger partial charge in [0.2, 0.25) is 0 Å². The summed E-state index contributed by atoms with van der Waals surface area (Å²) in [7, 11) is 0. The van der Waals surface area contributed by atoms with Crippen molar-refractivity contribution in [2.45, 2.75) is 32.9 Å². The van der Waals surface area contributed by atoms with Gasteiger partial charge < -0.3 is 16.1 Å². The molecule has 1 atom stereocenters. The number of pyridine rings is 2. The highest BCUT2D eigenvalue weighted by Crippen LogP contribution is 2.37. The van der Waals surface area contributed by atoms with Crippen LogP contribution >= 0.6 is 34.8 Å². The Kier molecular flexibility index (Phi) is 7.88. The lowest BCUT2D eigenvalue weighted by Gasteiger charge is -2.23. The molecule has 0 unspecified atom stereocenters. The van der Waals surface area contributed by atoms with Crippen LogP contribution in [0.1, 0.15) is 36.7 Å². The molecule has 5 rings (SSSR count). The minimum atomic E-state index is -0.541. The maximum atomic E-state index is 13.8. The molecule has 40 heavy (non-hydrogen) atoms. The third kappa shape index (κ3) is 5.58. The fourth-order valence-corrected chi connectivity index (χ4v) is 5.02. The van der Waals surface area contributed by atoms with E-state index in [1.165, 1.54) is 24.4 Å². The van der Waals surface area contributed by atoms with Gasteiger partial charge >= 0.3 is 0 Å². The van der Waals surface area contributed by atoms with Crippen LogP contribution in [-0.2, 0) is 0 Å². The number of halogens is 4. The minimum Gasteiger partial charge on any atom is -0.373 e. The second kappa shape index (κ2) is 11.4. The van der Waals surface area contributed by atoms with E-state index in [0.29, 0.717) is 38.1 Å². The van der Waals surface area contributed by atoms with Crippen molar-refractivity contribution in [2.24, 2.45) is 0 Å². The summed E-state index contributed by atoms with van der Waals surface area (Å²) < 4.78 is 13.8. The molecule has 1 aliphatic heterocycles. The van der Waals surface area contributed by atoms with Gasteiger partial charge in [0.15, 0.2) is 0 Å². The van der Waals surface area contributed by atoms with Crippen molar-refractivity contribution in [2.75, 3.05) is 10.6 Å². The monoisotopic (exact) mass is 596 g/mol. The maximum absolute atomic E-state index is 13.8. The molecule has 8 nitrogen and oxygen atoms in total. The van der Waals surface area contributed by atoms with Crippen LogP contribution in [-0.4, -0.2) is 21.0 Å². The summed E-state index contributed by atoms with van der Waals surface area (Å²) in [5, 5.41) is 19.9. The summed E-state index contributed by atoms with van der Waals surface area (Å²) in [4.78, 5) is 8.86. The molecule has 2 aromatic heterocycles. The smallest absolute Gasteiger partial charge is 0.141 e. The van der Waals surface area contributed by atoms with Gasteiger partial charge in [-0.2, -0.15) is 5.26 Å². The van der Waals surface area contributed by atoms with Gasteiger partial charge in [0, 0.05) is 46.5 Å². The molecule has 0 saturated heterocycles. The normalized spacial score (nSPS) is 13.7. The van der Waals surface area contributed by atoms with Crippen molar-refractivity contribution in [1.82, 2.24) is 25.9 Å². The highest BCUT2D eigenvalue weighted by atomic mass is 35.5. The lowest BCUT2D eigenvalue weighted by molar-refractivity contribution is 0.221. The van der Waals surface area contributed by atoms with Gasteiger partial charge in [-0.25, -0.2) is 9.37 Å². The van der Waals surface area contributed by atoms with Gasteiger partial charge in [0.05, 0.1) is 38.6 Å². The van der Waals surface area contributed by atoms with Gasteiger partial charge in [0.25, 0.3) is 0 Å². The van der Waals surface area contributed by atoms with E-state index in [-0.39, 0.29) is 22.7 Å². The van der Waals surface area contributed by atoms with E-state index < -0.39 is 5.82 Å². The first-order chi connectivity index (χ1) is 19.1. The molecule has 204 valence electrons. The standard InChI is InChI=1S/C28H24Cl3FN8/c1-14(2)40-13-24(38-39-40)28(19-5-7-25(31)35-15(19)3)37-18-8-20-26(36-17-4-6-23(32)21(29)9-17)16(11-33)12-34-27(20)22(30)10-18/h4-10,12-14,28,37-39H,1-3H3,(H,34,36)/t28-/m0/s1. The minimum absolute atomic E-state index is 0.0431. The Bertz CT molecular complexity index is 1680. The van der Waals surface area contributed by atoms with E-state index in [0.717, 1.165) is 17.0 Å². The van der Waals surface area contributed by atoms with Crippen LogP contribution in [0, 0.1) is 24.1 Å². The molecular formula is C28H24Cl3FN8. The summed E-state index contributed by atoms with van der Waals surface area (Å²) in [5.41, 5.74) is 11.3. The zero-order chi connectivity index (χ0) is 28.6. The molecule has 0 bridgehead atoms. The highest BCUT2D eigenvalue weighted by molar-refractivity contribution is 6.36. The molecule has 0 aliphatic carbocycles. The SMILES string of the molecule is Cc1nc(Cl)ccc1[C@H](Nc1cc(Cl)c2ncc(C#N)c(Nc3ccc(F)c(Cl)c3)c2c1)C1=CN(C(C)C)NN1. The van der Waals surface area contributed by atoms with Crippen molar-refractivity contribution in [3.05, 3.63) is 98.4 Å². The number of nitrogens with zero attached hydrogens (tertiary/aromatic N) is 4. The van der Waals surface area contributed by atoms with Gasteiger partial charge in [-0.15, -0.1) is 5.53 Å². The molecule has 0 saturated carbocycles. The van der Waals surface area contributed by atoms with E-state index >= 15 is 0 Å². The van der Waals surface area contributed by atoms with Crippen molar-refractivity contribution in [3.8, 4) is 6.07 Å². The lowest BCUT2D eigenvalue weighted by atomic mass is 10.0. The van der Waals surface area contributed by atoms with Crippen LogP contribution in [0.5, 0.6) is 0 Å². The number of aromatic nitrogens is 2. The molecule has 0 spiro atoms. The predicted molar refractivity (Wildman–Crippen MR) is 158 cm³/mol. The first-order valence-electron chi connectivity index (χ1n) is 12.3. The van der Waals surface area contributed by atoms with E-state index in [4.69, 9.17) is 34.8 Å². The summed E-state index contributed by atoms with van der Waals surface area (Å²) in [6.45, 7) is 6.03. The number of hydrogen-bond donors (Lipinski definition) is 4. The quantitative estimate of drug-likeness (QED) is 0.164. The van der Waals surface area contributed by atoms with Crippen LogP contribution in [0.25, 0.3) is 10.9 Å². The van der Waals surface area contributed by atoms with Gasteiger partial charge in [-0.05, 0) is 57.2 Å². The number of nitrogens with one attached hydrogen (secondary N) is 4. The number of nitriles is 1. The molecule has 0 fully saturated rings. The molecule has 4 aromatic rings. The number of fused-ring (bicyclic) bond motifs is 1. The first-order valence-corrected chi connectivity index (χ1v) is 13.4. The molecule has 12 heteroatoms. The third-order valence-electron chi connectivity index (χ3n) is 6.42. The molecule has 0 radical (unpaired) electrons. The zero-order valence-corrected chi connectivity index (χ0v) is 23.9. The highest BCUT2D eigenvalue weighted by Gasteiger charge is 2.26. The Hall–Kier alpha value is -3.81. The average molecular weight is 598 g/mol. The topological polar surface area (TPSA) is 101 Å². The zero-order valence-electron chi connectivity index (χ0n) is 21.7. The van der Waals surface area contributed by atoms with Crippen LogP contribution in [0.15, 0.2) is 60.6 Å². The van der Waals surface area contributed by atoms with Gasteiger partial charge in [-0.3, -0.25) is 9.99 Å². The number of rotatable bonds is 7. The molecule has 0 amide bonds. The fraction of sp³-hybridized carbons (Fsp3) is 0.179. The molecule has 4 N–H and O–H groups in total. The summed E-state index contributed by atoms with van der Waals surface area (Å²) in [6, 6.07) is 13.5. The Morgan fingerprint density at radius 1 is 1.05 bits per heavy atom.